The molecule has 0 fully saturated rings. The topological polar surface area (TPSA) is 109 Å². The zero-order valence-electron chi connectivity index (χ0n) is 46.9. The number of nitrogens with zero attached hydrogens (tertiary/aromatic N) is 6. The number of H-pyrrole nitrogens is 2. The van der Waals surface area contributed by atoms with E-state index in [4.69, 9.17) is 29.9 Å². The SMILES string of the molecule is C1=c2cc3cc4ccccc4cc3cc2=CC2c3nc(nc4[nH]c(nc5nc(nc6[nH]c(n3)c3cc7cc8cc9ccccc9cc8cc7cc63)-c3cc6cc7cc8ccccc8cc7cc6cc3-5)c3cc5cc6cc7ccccc7cc6cc5cc43)C12. The third-order valence-electron chi connectivity index (χ3n) is 19.3. The molecule has 2 N–H and O–H groups in total. The number of hydrogen-bond donors (Lipinski definition) is 2. The van der Waals surface area contributed by atoms with Gasteiger partial charge in [-0.25, -0.2) is 29.9 Å². The molecule has 0 saturated heterocycles. The highest BCUT2D eigenvalue weighted by atomic mass is 15.1. The number of benzene rings is 15. The number of fused-ring (bicyclic) bond motifs is 32. The van der Waals surface area contributed by atoms with Crippen molar-refractivity contribution in [2.75, 3.05) is 0 Å². The number of aromatic nitrogens is 8. The fourth-order valence-electron chi connectivity index (χ4n) is 14.9. The average Bonchev–Trinajstić information content (AvgIpc) is 2.22. The fourth-order valence-corrected chi connectivity index (χ4v) is 14.9. The van der Waals surface area contributed by atoms with Gasteiger partial charge in [-0.15, -0.1) is 0 Å². The minimum absolute atomic E-state index is 0.228. The summed E-state index contributed by atoms with van der Waals surface area (Å²) in [5, 5.41) is 31.8. The van der Waals surface area contributed by atoms with Crippen molar-refractivity contribution < 1.29 is 0 Å². The van der Waals surface area contributed by atoms with Crippen LogP contribution in [0.2, 0.25) is 0 Å². The van der Waals surface area contributed by atoms with Crippen molar-refractivity contribution in [2.45, 2.75) is 11.8 Å². The monoisotopic (exact) mass is 1120 g/mol. The van der Waals surface area contributed by atoms with Crippen LogP contribution < -0.4 is 10.4 Å². The van der Waals surface area contributed by atoms with Gasteiger partial charge >= 0.3 is 0 Å². The molecule has 18 aromatic rings. The van der Waals surface area contributed by atoms with Gasteiger partial charge in [0.1, 0.15) is 34.2 Å². The van der Waals surface area contributed by atoms with Crippen LogP contribution in [0.4, 0.5) is 0 Å². The Hall–Kier alpha value is -11.7. The van der Waals surface area contributed by atoms with Crippen LogP contribution in [0, 0.1) is 0 Å². The molecule has 1 aliphatic carbocycles. The summed E-state index contributed by atoms with van der Waals surface area (Å²) < 4.78 is 0. The van der Waals surface area contributed by atoms with Gasteiger partial charge in [-0.3, -0.25) is 0 Å². The summed E-state index contributed by atoms with van der Waals surface area (Å²) >= 11 is 0. The van der Waals surface area contributed by atoms with E-state index in [0.29, 0.717) is 45.9 Å². The molecule has 5 heterocycles. The summed E-state index contributed by atoms with van der Waals surface area (Å²) in [6.07, 6.45) is 4.73. The van der Waals surface area contributed by atoms with Crippen molar-refractivity contribution in [3.63, 3.8) is 0 Å². The summed E-state index contributed by atoms with van der Waals surface area (Å²) in [4.78, 5) is 41.3. The van der Waals surface area contributed by atoms with Crippen LogP contribution in [0.1, 0.15) is 23.5 Å². The molecule has 0 spiro atoms. The summed E-state index contributed by atoms with van der Waals surface area (Å²) in [7, 11) is 0. The predicted octanol–water partition coefficient (Wildman–Crippen LogP) is 18.4. The lowest BCUT2D eigenvalue weighted by atomic mass is 9.86. The quantitative estimate of drug-likeness (QED) is 0.146. The third-order valence-corrected chi connectivity index (χ3v) is 19.3. The molecule has 8 nitrogen and oxygen atoms in total. The molecular formula is C80H44N8. The zero-order valence-corrected chi connectivity index (χ0v) is 46.9. The second-order valence-corrected chi connectivity index (χ2v) is 24.5. The number of hydrogen-bond acceptors (Lipinski definition) is 6. The second-order valence-electron chi connectivity index (χ2n) is 24.5. The van der Waals surface area contributed by atoms with E-state index in [1.807, 2.05) is 0 Å². The van der Waals surface area contributed by atoms with Crippen molar-refractivity contribution in [1.82, 2.24) is 39.9 Å². The van der Waals surface area contributed by atoms with Crippen molar-refractivity contribution in [3.05, 3.63) is 253 Å². The minimum Gasteiger partial charge on any atom is -0.324 e. The first-order chi connectivity index (χ1) is 43.4. The Morgan fingerprint density at radius 1 is 0.216 bits per heavy atom. The van der Waals surface area contributed by atoms with E-state index in [1.165, 1.54) is 86.2 Å². The largest absolute Gasteiger partial charge is 0.324 e. The Morgan fingerprint density at radius 3 is 0.750 bits per heavy atom. The molecule has 15 aromatic carbocycles. The molecule has 0 radical (unpaired) electrons. The lowest BCUT2D eigenvalue weighted by Gasteiger charge is -2.16. The summed E-state index contributed by atoms with van der Waals surface area (Å²) in [6, 6.07) is 84.8. The van der Waals surface area contributed by atoms with Crippen LogP contribution in [0.15, 0.2) is 231 Å². The molecule has 2 aliphatic heterocycles. The molecule has 3 aromatic heterocycles. The number of aromatic amines is 2. The van der Waals surface area contributed by atoms with Gasteiger partial charge in [-0.1, -0.05) is 109 Å². The Kier molecular flexibility index (Phi) is 9.00. The van der Waals surface area contributed by atoms with E-state index in [2.05, 4.69) is 253 Å². The standard InChI is InChI=1S/C80H44N8/c1-2-10-42-18-50-26-58-34-66-65(33-57(58)25-49(50)17-41(42)9-1)73-81-74(66)86-76-69-37-61-29-53-21-45-13-5-6-14-46(45)22-54(53)30-62(61)38-70(69)78(83-76)88-80-72-40-64-32-56-24-48-16-8-7-15-47(48)23-55(56)31-63(64)39-71(72)79(84-80)87-77-68-36-60-28-52-20-44-12-4-3-11-43(44)19-51(52)27-59(60)35-67(68)75(82-77)85-73/h1-40,65-66H,(H2,81,82,83,84,85,86,87,88). The summed E-state index contributed by atoms with van der Waals surface area (Å²) in [6.45, 7) is 0. The molecule has 0 amide bonds. The van der Waals surface area contributed by atoms with Crippen molar-refractivity contribution in [3.8, 4) is 22.8 Å². The maximum atomic E-state index is 5.68. The van der Waals surface area contributed by atoms with Crippen LogP contribution in [-0.4, -0.2) is 39.9 Å². The fraction of sp³-hybridized carbons (Fsp3) is 0.0250. The van der Waals surface area contributed by atoms with Gasteiger partial charge in [-0.2, -0.15) is 0 Å². The first-order valence-corrected chi connectivity index (χ1v) is 30.1. The number of rotatable bonds is 0. The van der Waals surface area contributed by atoms with Crippen LogP contribution in [0.25, 0.3) is 198 Å². The van der Waals surface area contributed by atoms with Gasteiger partial charge in [-0.05, 0) is 262 Å². The second kappa shape index (κ2) is 17.0. The highest BCUT2D eigenvalue weighted by Crippen LogP contribution is 2.43. The number of nitrogens with one attached hydrogen (secondary N) is 2. The Balaban J connectivity index is 0.884. The van der Waals surface area contributed by atoms with Gasteiger partial charge < -0.3 is 9.97 Å². The molecule has 21 rings (SSSR count). The Morgan fingerprint density at radius 2 is 0.455 bits per heavy atom. The maximum Gasteiger partial charge on any atom is 0.164 e. The lowest BCUT2D eigenvalue weighted by molar-refractivity contribution is 0.795. The molecule has 8 bridgehead atoms. The summed E-state index contributed by atoms with van der Waals surface area (Å²) in [5.74, 6) is 2.01. The minimum atomic E-state index is -0.228. The van der Waals surface area contributed by atoms with Crippen LogP contribution in [-0.2, 0) is 0 Å². The molecule has 0 saturated carbocycles. The maximum absolute atomic E-state index is 5.68. The van der Waals surface area contributed by atoms with E-state index >= 15 is 0 Å². The molecule has 88 heavy (non-hydrogen) atoms. The Labute approximate surface area is 499 Å². The van der Waals surface area contributed by atoms with Gasteiger partial charge in [0.05, 0.1) is 11.8 Å². The average molecular weight is 1120 g/mol. The molecular weight excluding hydrogens is 1070 g/mol. The van der Waals surface area contributed by atoms with Crippen molar-refractivity contribution in [1.29, 1.82) is 0 Å². The smallest absolute Gasteiger partial charge is 0.164 e. The van der Waals surface area contributed by atoms with E-state index in [1.54, 1.807) is 0 Å². The van der Waals surface area contributed by atoms with Gasteiger partial charge in [0.15, 0.2) is 11.6 Å². The first kappa shape index (κ1) is 46.6. The lowest BCUT2D eigenvalue weighted by Crippen LogP contribution is -2.30. The van der Waals surface area contributed by atoms with Crippen LogP contribution >= 0.6 is 0 Å². The molecule has 8 heteroatoms. The normalized spacial score (nSPS) is 14.8. The van der Waals surface area contributed by atoms with Gasteiger partial charge in [0.2, 0.25) is 0 Å². The third kappa shape index (κ3) is 6.90. The van der Waals surface area contributed by atoms with Crippen molar-refractivity contribution >= 4 is 175 Å². The summed E-state index contributed by atoms with van der Waals surface area (Å²) in [5.41, 5.74) is 4.46. The van der Waals surface area contributed by atoms with Crippen LogP contribution in [0.3, 0.4) is 0 Å². The predicted molar refractivity (Wildman–Crippen MR) is 364 cm³/mol. The van der Waals surface area contributed by atoms with E-state index in [0.717, 1.165) is 75.4 Å². The van der Waals surface area contributed by atoms with Crippen LogP contribution in [0.5, 0.6) is 0 Å². The molecule has 2 unspecified atom stereocenters. The highest BCUT2D eigenvalue weighted by Gasteiger charge is 2.34. The molecule has 3 aliphatic rings. The first-order valence-electron chi connectivity index (χ1n) is 30.1. The zero-order chi connectivity index (χ0) is 57.0. The molecule has 404 valence electrons. The van der Waals surface area contributed by atoms with Gasteiger partial charge in [0.25, 0.3) is 0 Å². The van der Waals surface area contributed by atoms with E-state index in [-0.39, 0.29) is 11.8 Å². The Bertz CT molecular complexity index is 6260. The van der Waals surface area contributed by atoms with Gasteiger partial charge in [0, 0.05) is 32.7 Å². The van der Waals surface area contributed by atoms with Crippen molar-refractivity contribution in [2.24, 2.45) is 0 Å². The van der Waals surface area contributed by atoms with E-state index < -0.39 is 0 Å². The highest BCUT2D eigenvalue weighted by molar-refractivity contribution is 6.17. The van der Waals surface area contributed by atoms with E-state index in [9.17, 15) is 0 Å². The molecule has 2 atom stereocenters.